The predicted octanol–water partition coefficient (Wildman–Crippen LogP) is 3.10. The highest BCUT2D eigenvalue weighted by Gasteiger charge is 2.03. The molecule has 1 aromatic heterocycles. The first kappa shape index (κ1) is 7.62. The fourth-order valence-corrected chi connectivity index (χ4v) is 2.41. The molecular weight excluding hydrogens is 166 g/mol. The number of thiophene rings is 1. The maximum absolute atomic E-state index is 5.80. The summed E-state index contributed by atoms with van der Waals surface area (Å²) in [6.45, 7) is 4.20. The number of hydrogen-bond donors (Lipinski definition) is 1. The van der Waals surface area contributed by atoms with Crippen molar-refractivity contribution in [1.29, 1.82) is 0 Å². The highest BCUT2D eigenvalue weighted by atomic mass is 32.1. The van der Waals surface area contributed by atoms with Crippen LogP contribution in [0, 0.1) is 13.8 Å². The molecule has 62 valence electrons. The molecular formula is C10H11NS. The minimum atomic E-state index is 0.893. The second kappa shape index (κ2) is 2.49. The van der Waals surface area contributed by atoms with Crippen molar-refractivity contribution in [3.05, 3.63) is 28.6 Å². The van der Waals surface area contributed by atoms with Crippen molar-refractivity contribution >= 4 is 27.1 Å². The Kier molecular flexibility index (Phi) is 1.58. The van der Waals surface area contributed by atoms with Gasteiger partial charge in [0.1, 0.15) is 0 Å². The Labute approximate surface area is 75.8 Å². The number of rotatable bonds is 0. The van der Waals surface area contributed by atoms with Crippen molar-refractivity contribution < 1.29 is 0 Å². The summed E-state index contributed by atoms with van der Waals surface area (Å²) < 4.78 is 1.33. The molecule has 0 spiro atoms. The summed E-state index contributed by atoms with van der Waals surface area (Å²) in [7, 11) is 0. The number of hydrogen-bond acceptors (Lipinski definition) is 2. The average Bonchev–Trinajstić information content (AvgIpc) is 2.39. The van der Waals surface area contributed by atoms with Crippen molar-refractivity contribution in [2.75, 3.05) is 5.73 Å². The van der Waals surface area contributed by atoms with E-state index in [1.165, 1.54) is 20.5 Å². The van der Waals surface area contributed by atoms with Crippen LogP contribution in [0.15, 0.2) is 18.2 Å². The third kappa shape index (κ3) is 0.994. The molecule has 0 saturated carbocycles. The molecule has 0 aliphatic heterocycles. The summed E-state index contributed by atoms with van der Waals surface area (Å²) in [6, 6.07) is 6.26. The molecule has 0 aliphatic rings. The van der Waals surface area contributed by atoms with Crippen LogP contribution >= 0.6 is 11.3 Å². The summed E-state index contributed by atoms with van der Waals surface area (Å²) in [4.78, 5) is 1.35. The van der Waals surface area contributed by atoms with E-state index >= 15 is 0 Å². The van der Waals surface area contributed by atoms with Crippen LogP contribution in [0.2, 0.25) is 0 Å². The van der Waals surface area contributed by atoms with Gasteiger partial charge in [-0.1, -0.05) is 6.07 Å². The smallest absolute Gasteiger partial charge is 0.0395 e. The van der Waals surface area contributed by atoms with E-state index < -0.39 is 0 Å². The Morgan fingerprint density at radius 3 is 2.75 bits per heavy atom. The zero-order valence-electron chi connectivity index (χ0n) is 7.22. The molecule has 0 fully saturated rings. The van der Waals surface area contributed by atoms with Crippen molar-refractivity contribution in [2.45, 2.75) is 13.8 Å². The van der Waals surface area contributed by atoms with Crippen LogP contribution in [0.1, 0.15) is 10.4 Å². The molecule has 0 radical (unpaired) electrons. The van der Waals surface area contributed by atoms with E-state index in [0.29, 0.717) is 0 Å². The summed E-state index contributed by atoms with van der Waals surface area (Å²) in [5.74, 6) is 0. The quantitative estimate of drug-likeness (QED) is 0.615. The maximum atomic E-state index is 5.80. The van der Waals surface area contributed by atoms with Crippen LogP contribution in [-0.4, -0.2) is 0 Å². The highest BCUT2D eigenvalue weighted by molar-refractivity contribution is 7.19. The van der Waals surface area contributed by atoms with E-state index in [0.717, 1.165) is 5.69 Å². The van der Waals surface area contributed by atoms with E-state index in [-0.39, 0.29) is 0 Å². The van der Waals surface area contributed by atoms with Crippen LogP contribution < -0.4 is 5.73 Å². The van der Waals surface area contributed by atoms with Crippen LogP contribution in [-0.2, 0) is 0 Å². The second-order valence-electron chi connectivity index (χ2n) is 3.06. The second-order valence-corrected chi connectivity index (χ2v) is 4.31. The van der Waals surface area contributed by atoms with Crippen molar-refractivity contribution in [2.24, 2.45) is 0 Å². The Morgan fingerprint density at radius 2 is 2.00 bits per heavy atom. The number of nitrogen functional groups attached to an aromatic ring is 1. The Hall–Kier alpha value is -1.02. The van der Waals surface area contributed by atoms with Gasteiger partial charge in [-0.25, -0.2) is 0 Å². The lowest BCUT2D eigenvalue weighted by molar-refractivity contribution is 1.55. The Morgan fingerprint density at radius 1 is 1.25 bits per heavy atom. The molecule has 0 unspecified atom stereocenters. The number of nitrogens with two attached hydrogens (primary N) is 1. The van der Waals surface area contributed by atoms with E-state index in [1.54, 1.807) is 0 Å². The standard InChI is InChI=1S/C10H11NS/c1-6-5-8-3-4-9(11)7(2)10(8)12-6/h3-5H,11H2,1-2H3. The van der Waals surface area contributed by atoms with Gasteiger partial charge in [0.15, 0.2) is 0 Å². The van der Waals surface area contributed by atoms with E-state index in [9.17, 15) is 0 Å². The summed E-state index contributed by atoms with van der Waals surface area (Å²) in [5.41, 5.74) is 7.91. The van der Waals surface area contributed by atoms with Gasteiger partial charge in [-0.3, -0.25) is 0 Å². The molecule has 1 nitrogen and oxygen atoms in total. The van der Waals surface area contributed by atoms with Gasteiger partial charge >= 0.3 is 0 Å². The first-order valence-corrected chi connectivity index (χ1v) is 4.75. The van der Waals surface area contributed by atoms with Gasteiger partial charge in [0.25, 0.3) is 0 Å². The van der Waals surface area contributed by atoms with Gasteiger partial charge in [-0.2, -0.15) is 0 Å². The molecule has 0 amide bonds. The first-order chi connectivity index (χ1) is 5.68. The van der Waals surface area contributed by atoms with Gasteiger partial charge in [-0.05, 0) is 36.9 Å². The largest absolute Gasteiger partial charge is 0.398 e. The molecule has 0 aliphatic carbocycles. The number of anilines is 1. The van der Waals surface area contributed by atoms with Crippen molar-refractivity contribution in [3.63, 3.8) is 0 Å². The fraction of sp³-hybridized carbons (Fsp3) is 0.200. The molecule has 2 N–H and O–H groups in total. The zero-order chi connectivity index (χ0) is 8.72. The summed E-state index contributed by atoms with van der Waals surface area (Å²) in [5, 5.41) is 1.31. The third-order valence-electron chi connectivity index (χ3n) is 2.10. The van der Waals surface area contributed by atoms with E-state index in [4.69, 9.17) is 5.73 Å². The summed E-state index contributed by atoms with van der Waals surface area (Å²) in [6.07, 6.45) is 0. The molecule has 0 saturated heterocycles. The lowest BCUT2D eigenvalue weighted by atomic mass is 10.1. The average molecular weight is 177 g/mol. The van der Waals surface area contributed by atoms with Gasteiger partial charge < -0.3 is 5.73 Å². The first-order valence-electron chi connectivity index (χ1n) is 3.93. The normalized spacial score (nSPS) is 10.8. The van der Waals surface area contributed by atoms with Crippen molar-refractivity contribution in [3.8, 4) is 0 Å². The summed E-state index contributed by atoms with van der Waals surface area (Å²) >= 11 is 1.81. The number of fused-ring (bicyclic) bond motifs is 1. The van der Waals surface area contributed by atoms with Gasteiger partial charge in [0.05, 0.1) is 0 Å². The van der Waals surface area contributed by atoms with Gasteiger partial charge in [0, 0.05) is 15.3 Å². The topological polar surface area (TPSA) is 26.0 Å². The third-order valence-corrected chi connectivity index (χ3v) is 3.29. The Balaban J connectivity index is 2.89. The van der Waals surface area contributed by atoms with Crippen molar-refractivity contribution in [1.82, 2.24) is 0 Å². The minimum absolute atomic E-state index is 0.893. The molecule has 1 aromatic carbocycles. The highest BCUT2D eigenvalue weighted by Crippen LogP contribution is 2.30. The van der Waals surface area contributed by atoms with Gasteiger partial charge in [-0.15, -0.1) is 11.3 Å². The van der Waals surface area contributed by atoms with Gasteiger partial charge in [0.2, 0.25) is 0 Å². The molecule has 0 bridgehead atoms. The van der Waals surface area contributed by atoms with Crippen LogP contribution in [0.4, 0.5) is 5.69 Å². The van der Waals surface area contributed by atoms with Crippen LogP contribution in [0.25, 0.3) is 10.1 Å². The lowest BCUT2D eigenvalue weighted by Gasteiger charge is -1.99. The SMILES string of the molecule is Cc1cc2ccc(N)c(C)c2s1. The van der Waals surface area contributed by atoms with E-state index in [1.807, 2.05) is 17.4 Å². The fourth-order valence-electron chi connectivity index (χ4n) is 1.39. The monoisotopic (exact) mass is 177 g/mol. The molecule has 1 heterocycles. The van der Waals surface area contributed by atoms with Crippen LogP contribution in [0.3, 0.4) is 0 Å². The molecule has 2 heteroatoms. The molecule has 0 atom stereocenters. The number of aryl methyl sites for hydroxylation is 2. The van der Waals surface area contributed by atoms with Crippen LogP contribution in [0.5, 0.6) is 0 Å². The molecule has 12 heavy (non-hydrogen) atoms. The number of benzene rings is 1. The lowest BCUT2D eigenvalue weighted by Crippen LogP contribution is -1.87. The predicted molar refractivity (Wildman–Crippen MR) is 55.7 cm³/mol. The molecule has 2 rings (SSSR count). The minimum Gasteiger partial charge on any atom is -0.398 e. The van der Waals surface area contributed by atoms with E-state index in [2.05, 4.69) is 26.0 Å². The molecule has 2 aromatic rings. The maximum Gasteiger partial charge on any atom is 0.0395 e. The zero-order valence-corrected chi connectivity index (χ0v) is 8.03. The Bertz CT molecular complexity index is 429.